The van der Waals surface area contributed by atoms with E-state index in [2.05, 4.69) is 4.72 Å². The molecule has 2 aromatic carbocycles. The Bertz CT molecular complexity index is 754. The maximum absolute atomic E-state index is 12.3. The molecule has 0 aliphatic carbocycles. The fourth-order valence-corrected chi connectivity index (χ4v) is 3.49. The zero-order chi connectivity index (χ0) is 14.9. The number of sulfonamides is 1. The molecule has 0 heterocycles. The van der Waals surface area contributed by atoms with Crippen molar-refractivity contribution in [3.8, 4) is 0 Å². The van der Waals surface area contributed by atoms with E-state index >= 15 is 0 Å². The summed E-state index contributed by atoms with van der Waals surface area (Å²) in [4.78, 5) is 0.0861. The Hall–Kier alpha value is -1.52. The van der Waals surface area contributed by atoms with Crippen LogP contribution in [-0.4, -0.2) is 8.42 Å². The molecule has 0 radical (unpaired) electrons. The van der Waals surface area contributed by atoms with Crippen LogP contribution in [0.15, 0.2) is 41.3 Å². The molecule has 0 saturated heterocycles. The molecule has 5 heteroatoms. The molecular formula is C15H16ClNO2S. The van der Waals surface area contributed by atoms with E-state index in [1.165, 1.54) is 6.07 Å². The lowest BCUT2D eigenvalue weighted by atomic mass is 10.1. The fraction of sp³-hybridized carbons (Fsp3) is 0.200. The van der Waals surface area contributed by atoms with Gasteiger partial charge >= 0.3 is 0 Å². The second-order valence-corrected chi connectivity index (χ2v) is 6.90. The summed E-state index contributed by atoms with van der Waals surface area (Å²) in [5, 5.41) is 0.223. The molecule has 0 saturated carbocycles. The summed E-state index contributed by atoms with van der Waals surface area (Å²) < 4.78 is 27.2. The lowest BCUT2D eigenvalue weighted by Crippen LogP contribution is -2.13. The smallest absolute Gasteiger partial charge is 0.263 e. The molecule has 1 N–H and O–H groups in total. The van der Waals surface area contributed by atoms with Crippen molar-refractivity contribution in [2.24, 2.45) is 0 Å². The Morgan fingerprint density at radius 1 is 0.950 bits per heavy atom. The van der Waals surface area contributed by atoms with Gasteiger partial charge in [0, 0.05) is 5.69 Å². The van der Waals surface area contributed by atoms with Gasteiger partial charge in [-0.3, -0.25) is 4.72 Å². The molecule has 0 amide bonds. The van der Waals surface area contributed by atoms with Gasteiger partial charge in [0.2, 0.25) is 0 Å². The number of anilines is 1. The number of hydrogen-bond acceptors (Lipinski definition) is 2. The van der Waals surface area contributed by atoms with Crippen molar-refractivity contribution in [2.75, 3.05) is 4.72 Å². The van der Waals surface area contributed by atoms with Crippen molar-refractivity contribution >= 4 is 27.3 Å². The number of benzene rings is 2. The quantitative estimate of drug-likeness (QED) is 0.929. The van der Waals surface area contributed by atoms with Crippen molar-refractivity contribution in [3.63, 3.8) is 0 Å². The van der Waals surface area contributed by atoms with Crippen molar-refractivity contribution in [1.29, 1.82) is 0 Å². The maximum Gasteiger partial charge on any atom is 0.263 e. The average Bonchev–Trinajstić information content (AvgIpc) is 2.33. The van der Waals surface area contributed by atoms with E-state index in [0.717, 1.165) is 16.7 Å². The molecule has 20 heavy (non-hydrogen) atoms. The van der Waals surface area contributed by atoms with Crippen LogP contribution in [0.5, 0.6) is 0 Å². The van der Waals surface area contributed by atoms with Crippen molar-refractivity contribution in [3.05, 3.63) is 58.1 Å². The molecule has 106 valence electrons. The summed E-state index contributed by atoms with van der Waals surface area (Å²) in [6.07, 6.45) is 0. The molecule has 2 rings (SSSR count). The number of hydrogen-bond donors (Lipinski definition) is 1. The van der Waals surface area contributed by atoms with Gasteiger partial charge in [-0.05, 0) is 61.7 Å². The monoisotopic (exact) mass is 309 g/mol. The first-order valence-corrected chi connectivity index (χ1v) is 8.02. The van der Waals surface area contributed by atoms with Crippen LogP contribution < -0.4 is 4.72 Å². The van der Waals surface area contributed by atoms with E-state index in [1.54, 1.807) is 24.3 Å². The van der Waals surface area contributed by atoms with Gasteiger partial charge in [0.15, 0.2) is 0 Å². The van der Waals surface area contributed by atoms with Crippen LogP contribution in [0.3, 0.4) is 0 Å². The van der Waals surface area contributed by atoms with Gasteiger partial charge in [0.05, 0.1) is 5.02 Å². The summed E-state index contributed by atoms with van der Waals surface area (Å²) in [6, 6.07) is 10.3. The Morgan fingerprint density at radius 2 is 1.65 bits per heavy atom. The molecule has 3 nitrogen and oxygen atoms in total. The van der Waals surface area contributed by atoms with E-state index in [-0.39, 0.29) is 9.92 Å². The highest BCUT2D eigenvalue weighted by atomic mass is 35.5. The van der Waals surface area contributed by atoms with Crippen LogP contribution in [0.25, 0.3) is 0 Å². The highest BCUT2D eigenvalue weighted by Gasteiger charge is 2.18. The molecule has 0 unspecified atom stereocenters. The SMILES string of the molecule is Cc1ccc(S(=O)(=O)Nc2ccc(C)c(C)c2)c(Cl)c1. The maximum atomic E-state index is 12.3. The largest absolute Gasteiger partial charge is 0.280 e. The van der Waals surface area contributed by atoms with Crippen LogP contribution in [-0.2, 0) is 10.0 Å². The van der Waals surface area contributed by atoms with Gasteiger partial charge in [-0.1, -0.05) is 23.7 Å². The summed E-state index contributed by atoms with van der Waals surface area (Å²) in [5.74, 6) is 0. The average molecular weight is 310 g/mol. The minimum Gasteiger partial charge on any atom is -0.280 e. The normalized spacial score (nSPS) is 11.4. The third kappa shape index (κ3) is 3.14. The Kier molecular flexibility index (Phi) is 4.06. The third-order valence-corrected chi connectivity index (χ3v) is 5.00. The van der Waals surface area contributed by atoms with E-state index in [0.29, 0.717) is 5.69 Å². The van der Waals surface area contributed by atoms with Gasteiger partial charge in [-0.15, -0.1) is 0 Å². The topological polar surface area (TPSA) is 46.2 Å². The fourth-order valence-electron chi connectivity index (χ4n) is 1.84. The summed E-state index contributed by atoms with van der Waals surface area (Å²) in [6.45, 7) is 5.77. The molecule has 0 fully saturated rings. The summed E-state index contributed by atoms with van der Waals surface area (Å²) in [5.41, 5.74) is 3.59. The Morgan fingerprint density at radius 3 is 2.25 bits per heavy atom. The standard InChI is InChI=1S/C15H16ClNO2S/c1-10-4-7-15(14(16)8-10)20(18,19)17-13-6-5-11(2)12(3)9-13/h4-9,17H,1-3H3. The summed E-state index contributed by atoms with van der Waals surface area (Å²) >= 11 is 6.02. The Balaban J connectivity index is 2.38. The first-order valence-electron chi connectivity index (χ1n) is 6.16. The zero-order valence-electron chi connectivity index (χ0n) is 11.6. The molecule has 2 aromatic rings. The van der Waals surface area contributed by atoms with Crippen LogP contribution in [0.4, 0.5) is 5.69 Å². The van der Waals surface area contributed by atoms with Gasteiger partial charge in [0.25, 0.3) is 10.0 Å². The lowest BCUT2D eigenvalue weighted by Gasteiger charge is -2.11. The highest BCUT2D eigenvalue weighted by molar-refractivity contribution is 7.92. The minimum atomic E-state index is -3.67. The molecule has 0 aliphatic rings. The van der Waals surface area contributed by atoms with Gasteiger partial charge in [-0.25, -0.2) is 8.42 Å². The first kappa shape index (κ1) is 14.9. The van der Waals surface area contributed by atoms with Gasteiger partial charge in [0.1, 0.15) is 4.90 Å². The van der Waals surface area contributed by atoms with E-state index in [1.807, 2.05) is 26.8 Å². The predicted molar refractivity (Wildman–Crippen MR) is 82.9 cm³/mol. The van der Waals surface area contributed by atoms with Gasteiger partial charge < -0.3 is 0 Å². The van der Waals surface area contributed by atoms with E-state index < -0.39 is 10.0 Å². The zero-order valence-corrected chi connectivity index (χ0v) is 13.1. The molecule has 0 bridgehead atoms. The first-order chi connectivity index (χ1) is 9.29. The van der Waals surface area contributed by atoms with Crippen molar-refractivity contribution < 1.29 is 8.42 Å². The third-order valence-electron chi connectivity index (χ3n) is 3.14. The van der Waals surface area contributed by atoms with Crippen LogP contribution >= 0.6 is 11.6 Å². The molecule has 0 spiro atoms. The van der Waals surface area contributed by atoms with Crippen molar-refractivity contribution in [2.45, 2.75) is 25.7 Å². The predicted octanol–water partition coefficient (Wildman–Crippen LogP) is 4.07. The van der Waals surface area contributed by atoms with E-state index in [9.17, 15) is 8.42 Å². The number of rotatable bonds is 3. The second-order valence-electron chi connectivity index (χ2n) is 4.84. The Labute approximate surface area is 124 Å². The molecule has 0 aliphatic heterocycles. The van der Waals surface area contributed by atoms with E-state index in [4.69, 9.17) is 11.6 Å². The number of nitrogens with one attached hydrogen (secondary N) is 1. The van der Waals surface area contributed by atoms with Crippen LogP contribution in [0.1, 0.15) is 16.7 Å². The number of aryl methyl sites for hydroxylation is 3. The number of halogens is 1. The van der Waals surface area contributed by atoms with Gasteiger partial charge in [-0.2, -0.15) is 0 Å². The van der Waals surface area contributed by atoms with Crippen LogP contribution in [0, 0.1) is 20.8 Å². The molecule has 0 aromatic heterocycles. The molecule has 0 atom stereocenters. The summed E-state index contributed by atoms with van der Waals surface area (Å²) in [7, 11) is -3.67. The molecular weight excluding hydrogens is 294 g/mol. The minimum absolute atomic E-state index is 0.0861. The second kappa shape index (κ2) is 5.46. The highest BCUT2D eigenvalue weighted by Crippen LogP contribution is 2.25. The lowest BCUT2D eigenvalue weighted by molar-refractivity contribution is 0.601. The van der Waals surface area contributed by atoms with Crippen molar-refractivity contribution in [1.82, 2.24) is 0 Å². The van der Waals surface area contributed by atoms with Crippen LogP contribution in [0.2, 0.25) is 5.02 Å².